The summed E-state index contributed by atoms with van der Waals surface area (Å²) in [4.78, 5) is 12.0. The van der Waals surface area contributed by atoms with Crippen LogP contribution in [0.15, 0.2) is 30.3 Å². The van der Waals surface area contributed by atoms with E-state index in [0.717, 1.165) is 19.3 Å². The highest BCUT2D eigenvalue weighted by Crippen LogP contribution is 2.31. The third-order valence-corrected chi connectivity index (χ3v) is 3.47. The summed E-state index contributed by atoms with van der Waals surface area (Å²) in [7, 11) is 1.66. The molecule has 0 aliphatic heterocycles. The zero-order chi connectivity index (χ0) is 11.4. The Morgan fingerprint density at radius 3 is 2.62 bits per heavy atom. The molecule has 0 radical (unpaired) electrons. The summed E-state index contributed by atoms with van der Waals surface area (Å²) >= 11 is 0. The maximum absolute atomic E-state index is 12.0. The summed E-state index contributed by atoms with van der Waals surface area (Å²) in [5.41, 5.74) is 0.624. The predicted molar refractivity (Wildman–Crippen MR) is 63.4 cm³/mol. The molecule has 1 atom stereocenters. The van der Waals surface area contributed by atoms with Gasteiger partial charge in [0.25, 0.3) is 0 Å². The van der Waals surface area contributed by atoms with Crippen LogP contribution in [-0.4, -0.2) is 18.5 Å². The molecule has 86 valence electrons. The summed E-state index contributed by atoms with van der Waals surface area (Å²) in [6, 6.07) is 10.1. The van der Waals surface area contributed by atoms with Gasteiger partial charge < -0.3 is 4.74 Å². The smallest absolute Gasteiger partial charge is 0.164 e. The van der Waals surface area contributed by atoms with Crippen molar-refractivity contribution >= 4 is 5.78 Å². The average Bonchev–Trinajstić information content (AvgIpc) is 2.34. The van der Waals surface area contributed by atoms with Crippen LogP contribution in [0.5, 0.6) is 0 Å². The summed E-state index contributed by atoms with van der Waals surface area (Å²) in [6.45, 7) is 0. The zero-order valence-corrected chi connectivity index (χ0v) is 9.74. The molecule has 1 aromatic carbocycles. The van der Waals surface area contributed by atoms with Crippen LogP contribution < -0.4 is 0 Å². The Kier molecular flexibility index (Phi) is 3.39. The second kappa shape index (κ2) is 4.79. The van der Waals surface area contributed by atoms with Crippen molar-refractivity contribution < 1.29 is 9.53 Å². The van der Waals surface area contributed by atoms with Gasteiger partial charge >= 0.3 is 0 Å². The van der Waals surface area contributed by atoms with Crippen LogP contribution in [0.1, 0.15) is 31.2 Å². The maximum Gasteiger partial charge on any atom is 0.164 e. The third kappa shape index (κ3) is 2.17. The van der Waals surface area contributed by atoms with Crippen LogP contribution in [0.25, 0.3) is 0 Å². The van der Waals surface area contributed by atoms with Crippen molar-refractivity contribution in [2.75, 3.05) is 7.11 Å². The molecule has 0 N–H and O–H groups in total. The second-order valence-corrected chi connectivity index (χ2v) is 4.49. The first kappa shape index (κ1) is 11.3. The molecule has 0 saturated heterocycles. The van der Waals surface area contributed by atoms with Gasteiger partial charge in [-0.1, -0.05) is 30.3 Å². The van der Waals surface area contributed by atoms with E-state index in [9.17, 15) is 4.79 Å². The Hall–Kier alpha value is -1.15. The Bertz CT molecular complexity index is 358. The first-order valence-electron chi connectivity index (χ1n) is 5.89. The van der Waals surface area contributed by atoms with Crippen molar-refractivity contribution in [1.82, 2.24) is 0 Å². The summed E-state index contributed by atoms with van der Waals surface area (Å²) in [5, 5.41) is 0. The lowest BCUT2D eigenvalue weighted by Gasteiger charge is -2.34. The van der Waals surface area contributed by atoms with E-state index in [0.29, 0.717) is 12.8 Å². The van der Waals surface area contributed by atoms with Crippen molar-refractivity contribution in [2.45, 2.75) is 37.7 Å². The van der Waals surface area contributed by atoms with Gasteiger partial charge in [-0.15, -0.1) is 0 Å². The van der Waals surface area contributed by atoms with Crippen LogP contribution in [0.4, 0.5) is 0 Å². The number of methoxy groups -OCH3 is 1. The first-order valence-corrected chi connectivity index (χ1v) is 5.89. The van der Waals surface area contributed by atoms with Gasteiger partial charge in [0.15, 0.2) is 5.78 Å². The molecule has 2 heteroatoms. The van der Waals surface area contributed by atoms with Gasteiger partial charge in [0.2, 0.25) is 0 Å². The highest BCUT2D eigenvalue weighted by molar-refractivity contribution is 5.88. The van der Waals surface area contributed by atoms with E-state index >= 15 is 0 Å². The molecule has 0 heterocycles. The van der Waals surface area contributed by atoms with Gasteiger partial charge in [0, 0.05) is 20.0 Å². The van der Waals surface area contributed by atoms with Crippen LogP contribution in [0.3, 0.4) is 0 Å². The number of ketones is 1. The predicted octanol–water partition coefficient (Wildman–Crippen LogP) is 2.76. The minimum Gasteiger partial charge on any atom is -0.370 e. The van der Waals surface area contributed by atoms with Crippen molar-refractivity contribution in [3.63, 3.8) is 0 Å². The summed E-state index contributed by atoms with van der Waals surface area (Å²) in [6.07, 6.45) is 4.34. The number of hydrogen-bond acceptors (Lipinski definition) is 2. The Morgan fingerprint density at radius 2 is 2.00 bits per heavy atom. The number of benzene rings is 1. The topological polar surface area (TPSA) is 26.3 Å². The monoisotopic (exact) mass is 218 g/mol. The lowest BCUT2D eigenvalue weighted by molar-refractivity contribution is -0.145. The molecular weight excluding hydrogens is 200 g/mol. The average molecular weight is 218 g/mol. The minimum absolute atomic E-state index is 0.269. The van der Waals surface area contributed by atoms with E-state index in [-0.39, 0.29) is 5.78 Å². The molecule has 1 aromatic rings. The molecule has 1 fully saturated rings. The largest absolute Gasteiger partial charge is 0.370 e. The molecule has 2 rings (SSSR count). The summed E-state index contributed by atoms with van der Waals surface area (Å²) < 4.78 is 5.55. The van der Waals surface area contributed by atoms with E-state index in [2.05, 4.69) is 12.1 Å². The molecule has 2 nitrogen and oxygen atoms in total. The Morgan fingerprint density at radius 1 is 1.25 bits per heavy atom. The fourth-order valence-electron chi connectivity index (χ4n) is 2.46. The lowest BCUT2D eigenvalue weighted by atomic mass is 9.79. The molecule has 1 aliphatic rings. The fourth-order valence-corrected chi connectivity index (χ4v) is 2.46. The van der Waals surface area contributed by atoms with Gasteiger partial charge in [-0.25, -0.2) is 0 Å². The first-order chi connectivity index (χ1) is 7.77. The highest BCUT2D eigenvalue weighted by Gasteiger charge is 2.39. The molecule has 0 bridgehead atoms. The van der Waals surface area contributed by atoms with Gasteiger partial charge in [-0.05, 0) is 24.8 Å². The molecule has 0 aromatic heterocycles. The third-order valence-electron chi connectivity index (χ3n) is 3.47. The van der Waals surface area contributed by atoms with E-state index in [1.54, 1.807) is 7.11 Å². The van der Waals surface area contributed by atoms with Crippen LogP contribution in [0.2, 0.25) is 0 Å². The molecule has 0 amide bonds. The van der Waals surface area contributed by atoms with E-state index in [1.165, 1.54) is 5.56 Å². The molecular formula is C14H18O2. The molecule has 1 saturated carbocycles. The van der Waals surface area contributed by atoms with Gasteiger partial charge in [-0.3, -0.25) is 4.79 Å². The Balaban J connectivity index is 2.18. The summed E-state index contributed by atoms with van der Waals surface area (Å²) in [5.74, 6) is 0.269. The quantitative estimate of drug-likeness (QED) is 0.779. The standard InChI is InChI=1S/C14H18O2/c1-16-14(10-6-5-9-13(14)15)11-12-7-3-2-4-8-12/h2-4,7-8H,5-6,9-11H2,1H3. The van der Waals surface area contributed by atoms with Crippen molar-refractivity contribution in [1.29, 1.82) is 0 Å². The highest BCUT2D eigenvalue weighted by atomic mass is 16.5. The lowest BCUT2D eigenvalue weighted by Crippen LogP contribution is -2.45. The molecule has 1 unspecified atom stereocenters. The van der Waals surface area contributed by atoms with Crippen molar-refractivity contribution in [3.05, 3.63) is 35.9 Å². The van der Waals surface area contributed by atoms with Crippen molar-refractivity contribution in [2.24, 2.45) is 0 Å². The van der Waals surface area contributed by atoms with Gasteiger partial charge in [-0.2, -0.15) is 0 Å². The molecule has 0 spiro atoms. The van der Waals surface area contributed by atoms with Gasteiger partial charge in [0.1, 0.15) is 5.60 Å². The van der Waals surface area contributed by atoms with Crippen molar-refractivity contribution in [3.8, 4) is 0 Å². The number of ether oxygens (including phenoxy) is 1. The fraction of sp³-hybridized carbons (Fsp3) is 0.500. The number of carbonyl (C=O) groups is 1. The molecule has 16 heavy (non-hydrogen) atoms. The number of carbonyl (C=O) groups excluding carboxylic acids is 1. The van der Waals surface area contributed by atoms with Crippen LogP contribution in [0, 0.1) is 0 Å². The zero-order valence-electron chi connectivity index (χ0n) is 9.74. The van der Waals surface area contributed by atoms with E-state index < -0.39 is 5.60 Å². The maximum atomic E-state index is 12.0. The normalized spacial score (nSPS) is 25.7. The number of hydrogen-bond donors (Lipinski definition) is 0. The Labute approximate surface area is 96.6 Å². The van der Waals surface area contributed by atoms with Gasteiger partial charge in [0.05, 0.1) is 0 Å². The minimum atomic E-state index is -0.556. The number of Topliss-reactive ketones (excluding diaryl/α,β-unsaturated/α-hetero) is 1. The van der Waals surface area contributed by atoms with E-state index in [1.807, 2.05) is 18.2 Å². The van der Waals surface area contributed by atoms with Crippen LogP contribution >= 0.6 is 0 Å². The SMILES string of the molecule is COC1(Cc2ccccc2)CCCCC1=O. The number of rotatable bonds is 3. The molecule has 1 aliphatic carbocycles. The second-order valence-electron chi connectivity index (χ2n) is 4.49. The van der Waals surface area contributed by atoms with E-state index in [4.69, 9.17) is 4.74 Å². The van der Waals surface area contributed by atoms with Crippen LogP contribution in [-0.2, 0) is 16.0 Å².